The molecule has 5 atom stereocenters. The van der Waals surface area contributed by atoms with Crippen LogP contribution in [0.4, 0.5) is 0 Å². The molecule has 0 bridgehead atoms. The van der Waals surface area contributed by atoms with Crippen LogP contribution < -0.4 is 4.74 Å². The first-order valence-corrected chi connectivity index (χ1v) is 15.4. The summed E-state index contributed by atoms with van der Waals surface area (Å²) in [6, 6.07) is 3.81. The Labute approximate surface area is 239 Å². The number of rotatable bonds is 21. The first-order chi connectivity index (χ1) is 19.4. The summed E-state index contributed by atoms with van der Waals surface area (Å²) in [5, 5.41) is 49.4. The van der Waals surface area contributed by atoms with Gasteiger partial charge in [0.1, 0.15) is 41.5 Å². The van der Waals surface area contributed by atoms with Gasteiger partial charge < -0.3 is 39.7 Å². The van der Waals surface area contributed by atoms with Gasteiger partial charge in [0.05, 0.1) is 13.2 Å². The summed E-state index contributed by atoms with van der Waals surface area (Å²) < 4.78 is 16.3. The van der Waals surface area contributed by atoms with Crippen LogP contribution >= 0.6 is 0 Å². The molecule has 1 heterocycles. The predicted molar refractivity (Wildman–Crippen MR) is 152 cm³/mol. The van der Waals surface area contributed by atoms with Crippen molar-refractivity contribution in [3.05, 3.63) is 23.8 Å². The van der Waals surface area contributed by atoms with Crippen molar-refractivity contribution in [1.82, 2.24) is 0 Å². The number of hydrogen-bond donors (Lipinski definition) is 5. The van der Waals surface area contributed by atoms with Crippen LogP contribution in [0.3, 0.4) is 0 Å². The molecular weight excluding hydrogens is 516 g/mol. The number of aliphatic hydroxyl groups excluding tert-OH is 4. The quantitative estimate of drug-likeness (QED) is 0.102. The molecule has 0 spiro atoms. The Kier molecular flexibility index (Phi) is 17.2. The number of phenols is 1. The lowest BCUT2D eigenvalue weighted by Gasteiger charge is -2.39. The molecule has 230 valence electrons. The van der Waals surface area contributed by atoms with Crippen LogP contribution in [0.1, 0.15) is 120 Å². The molecule has 40 heavy (non-hydrogen) atoms. The molecule has 2 rings (SSSR count). The summed E-state index contributed by atoms with van der Waals surface area (Å²) in [7, 11) is 0. The fourth-order valence-electron chi connectivity index (χ4n) is 4.96. The fraction of sp³-hybridized carbons (Fsp3) is 0.774. The summed E-state index contributed by atoms with van der Waals surface area (Å²) in [5.74, 6) is -0.897. The van der Waals surface area contributed by atoms with E-state index in [0.29, 0.717) is 0 Å². The van der Waals surface area contributed by atoms with Gasteiger partial charge in [0.2, 0.25) is 6.29 Å². The number of carbonyl (C=O) groups excluding carboxylic acids is 1. The zero-order valence-electron chi connectivity index (χ0n) is 24.2. The third kappa shape index (κ3) is 12.3. The molecule has 1 fully saturated rings. The number of unbranched alkanes of at least 4 members (excludes halogenated alkanes) is 15. The third-order valence-electron chi connectivity index (χ3n) is 7.51. The molecule has 9 nitrogen and oxygen atoms in total. The van der Waals surface area contributed by atoms with E-state index in [1.165, 1.54) is 102 Å². The van der Waals surface area contributed by atoms with E-state index < -0.39 is 43.3 Å². The SMILES string of the molecule is CCCCCCCCCCCCCCCCCCOC(=O)c1cc(O)ccc1O[C@@H]1O[C@H](CO)[C@@H](O)[C@H](O)[C@H]1O. The number of hydrogen-bond acceptors (Lipinski definition) is 9. The molecule has 9 heteroatoms. The molecule has 1 aromatic carbocycles. The van der Waals surface area contributed by atoms with Gasteiger partial charge in [0.25, 0.3) is 0 Å². The van der Waals surface area contributed by atoms with Crippen molar-refractivity contribution in [2.24, 2.45) is 0 Å². The van der Waals surface area contributed by atoms with E-state index >= 15 is 0 Å². The van der Waals surface area contributed by atoms with Gasteiger partial charge in [-0.05, 0) is 24.6 Å². The summed E-state index contributed by atoms with van der Waals surface area (Å²) in [6.45, 7) is 1.88. The van der Waals surface area contributed by atoms with Crippen molar-refractivity contribution in [1.29, 1.82) is 0 Å². The molecule has 0 amide bonds. The topological polar surface area (TPSA) is 146 Å². The zero-order valence-corrected chi connectivity index (χ0v) is 24.2. The number of ether oxygens (including phenoxy) is 3. The summed E-state index contributed by atoms with van der Waals surface area (Å²) in [5.41, 5.74) is -0.0616. The highest BCUT2D eigenvalue weighted by Gasteiger charge is 2.45. The van der Waals surface area contributed by atoms with Gasteiger partial charge >= 0.3 is 5.97 Å². The van der Waals surface area contributed by atoms with Crippen molar-refractivity contribution >= 4 is 5.97 Å². The first kappa shape index (κ1) is 34.3. The molecule has 0 aromatic heterocycles. The lowest BCUT2D eigenvalue weighted by molar-refractivity contribution is -0.277. The number of aliphatic hydroxyl groups is 4. The molecule has 0 unspecified atom stereocenters. The predicted octanol–water partition coefficient (Wildman–Crippen LogP) is 4.99. The highest BCUT2D eigenvalue weighted by Crippen LogP contribution is 2.29. The molecular formula is C31H52O9. The van der Waals surface area contributed by atoms with Crippen LogP contribution in [0.5, 0.6) is 11.5 Å². The van der Waals surface area contributed by atoms with Gasteiger partial charge in [0.15, 0.2) is 0 Å². The van der Waals surface area contributed by atoms with Crippen LogP contribution in [0.2, 0.25) is 0 Å². The van der Waals surface area contributed by atoms with Gasteiger partial charge in [-0.1, -0.05) is 103 Å². The molecule has 0 saturated carbocycles. The van der Waals surface area contributed by atoms with E-state index in [-0.39, 0.29) is 23.7 Å². The van der Waals surface area contributed by atoms with E-state index in [1.807, 2.05) is 0 Å². The average Bonchev–Trinajstić information content (AvgIpc) is 2.95. The Morgan fingerprint density at radius 2 is 1.30 bits per heavy atom. The molecule has 0 aliphatic carbocycles. The minimum Gasteiger partial charge on any atom is -0.508 e. The maximum atomic E-state index is 12.7. The molecule has 1 aliphatic rings. The van der Waals surface area contributed by atoms with Crippen LogP contribution in [0.25, 0.3) is 0 Å². The van der Waals surface area contributed by atoms with E-state index in [2.05, 4.69) is 6.92 Å². The summed E-state index contributed by atoms with van der Waals surface area (Å²) in [4.78, 5) is 12.7. The van der Waals surface area contributed by atoms with Crippen LogP contribution in [0, 0.1) is 0 Å². The molecule has 1 saturated heterocycles. The smallest absolute Gasteiger partial charge is 0.342 e. The Balaban J connectivity index is 1.60. The molecule has 1 aromatic rings. The number of phenolic OH excluding ortho intramolecular Hbond substituents is 1. The highest BCUT2D eigenvalue weighted by molar-refractivity contribution is 5.93. The molecule has 0 radical (unpaired) electrons. The standard InChI is InChI=1S/C31H52O9/c1-2-3-4-5-6-7-8-9-10-11-12-13-14-15-16-17-20-38-30(37)24-21-23(33)18-19-25(24)39-31-29(36)28(35)27(34)26(22-32)40-31/h18-19,21,26-29,31-36H,2-17,20,22H2,1H3/t26-,27-,28+,29-,31-/m1/s1. The maximum absolute atomic E-state index is 12.7. The van der Waals surface area contributed by atoms with Gasteiger partial charge in [-0.3, -0.25) is 0 Å². The average molecular weight is 569 g/mol. The maximum Gasteiger partial charge on any atom is 0.342 e. The van der Waals surface area contributed by atoms with E-state index in [4.69, 9.17) is 14.2 Å². The Morgan fingerprint density at radius 1 is 0.775 bits per heavy atom. The number of carbonyl (C=O) groups is 1. The van der Waals surface area contributed by atoms with Crippen molar-refractivity contribution in [3.63, 3.8) is 0 Å². The van der Waals surface area contributed by atoms with Gasteiger partial charge in [-0.15, -0.1) is 0 Å². The Morgan fingerprint density at radius 3 is 1.82 bits per heavy atom. The minimum atomic E-state index is -1.62. The minimum absolute atomic E-state index is 0.0286. The summed E-state index contributed by atoms with van der Waals surface area (Å²) in [6.07, 6.45) is 12.7. The second-order valence-electron chi connectivity index (χ2n) is 10.9. The third-order valence-corrected chi connectivity index (χ3v) is 7.51. The number of esters is 1. The van der Waals surface area contributed by atoms with Crippen molar-refractivity contribution in [3.8, 4) is 11.5 Å². The van der Waals surface area contributed by atoms with Crippen LogP contribution in [0.15, 0.2) is 18.2 Å². The van der Waals surface area contributed by atoms with Gasteiger partial charge in [0, 0.05) is 0 Å². The lowest BCUT2D eigenvalue weighted by atomic mass is 9.99. The van der Waals surface area contributed by atoms with E-state index in [9.17, 15) is 30.3 Å². The largest absolute Gasteiger partial charge is 0.508 e. The lowest BCUT2D eigenvalue weighted by Crippen LogP contribution is -2.60. The van der Waals surface area contributed by atoms with E-state index in [1.54, 1.807) is 0 Å². The Bertz CT molecular complexity index is 816. The normalized spacial score (nSPS) is 22.8. The zero-order chi connectivity index (χ0) is 29.2. The fourth-order valence-corrected chi connectivity index (χ4v) is 4.96. The van der Waals surface area contributed by atoms with E-state index in [0.717, 1.165) is 19.3 Å². The van der Waals surface area contributed by atoms with Gasteiger partial charge in [-0.2, -0.15) is 0 Å². The molecule has 5 N–H and O–H groups in total. The number of benzene rings is 1. The van der Waals surface area contributed by atoms with Crippen LogP contribution in [-0.4, -0.2) is 75.4 Å². The van der Waals surface area contributed by atoms with Crippen molar-refractivity contribution < 1.29 is 44.5 Å². The second-order valence-corrected chi connectivity index (χ2v) is 10.9. The first-order valence-electron chi connectivity index (χ1n) is 15.4. The van der Waals surface area contributed by atoms with Crippen molar-refractivity contribution in [2.75, 3.05) is 13.2 Å². The summed E-state index contributed by atoms with van der Waals surface area (Å²) >= 11 is 0. The molecule has 1 aliphatic heterocycles. The van der Waals surface area contributed by atoms with Crippen LogP contribution in [-0.2, 0) is 9.47 Å². The number of aromatic hydroxyl groups is 1. The van der Waals surface area contributed by atoms with Crippen molar-refractivity contribution in [2.45, 2.75) is 140 Å². The monoisotopic (exact) mass is 568 g/mol. The van der Waals surface area contributed by atoms with Gasteiger partial charge in [-0.25, -0.2) is 4.79 Å². The Hall–Kier alpha value is -1.91. The highest BCUT2D eigenvalue weighted by atomic mass is 16.7. The second kappa shape index (κ2) is 20.0.